The summed E-state index contributed by atoms with van der Waals surface area (Å²) in [5.41, 5.74) is -0.619. The molecule has 3 saturated carbocycles. The van der Waals surface area contributed by atoms with Gasteiger partial charge in [0.2, 0.25) is 0 Å². The third-order valence-electron chi connectivity index (χ3n) is 8.72. The maximum absolute atomic E-state index is 15.7. The van der Waals surface area contributed by atoms with Gasteiger partial charge in [-0.1, -0.05) is 45.4 Å². The van der Waals surface area contributed by atoms with E-state index in [1.807, 2.05) is 6.92 Å². The molecule has 3 fully saturated rings. The average Bonchev–Trinajstić information content (AvgIpc) is 2.92. The van der Waals surface area contributed by atoms with Crippen molar-refractivity contribution in [1.82, 2.24) is 0 Å². The molecule has 0 bridgehead atoms. The Morgan fingerprint density at radius 1 is 1.29 bits per heavy atom. The first-order chi connectivity index (χ1) is 14.3. The molecular formula is C24H30Cl3FO3. The van der Waals surface area contributed by atoms with Crippen LogP contribution in [0.15, 0.2) is 22.3 Å². The van der Waals surface area contributed by atoms with Crippen LogP contribution in [-0.2, 0) is 14.3 Å². The summed E-state index contributed by atoms with van der Waals surface area (Å²) in [5.74, 6) is -0.638. The number of esters is 1. The zero-order valence-corrected chi connectivity index (χ0v) is 20.9. The molecule has 0 N–H and O–H groups in total. The highest BCUT2D eigenvalue weighted by molar-refractivity contribution is 6.46. The fourth-order valence-corrected chi connectivity index (χ4v) is 9.01. The molecule has 0 unspecified atom stereocenters. The molecule has 7 heteroatoms. The van der Waals surface area contributed by atoms with E-state index < -0.39 is 21.8 Å². The number of carbonyl (C=O) groups excluding carboxylic acids is 2. The Kier molecular flexibility index (Phi) is 5.68. The van der Waals surface area contributed by atoms with Crippen LogP contribution in [0.3, 0.4) is 0 Å². The molecule has 3 nitrogen and oxygen atoms in total. The van der Waals surface area contributed by atoms with Crippen LogP contribution in [-0.4, -0.2) is 34.3 Å². The van der Waals surface area contributed by atoms with Gasteiger partial charge in [0.25, 0.3) is 0 Å². The summed E-state index contributed by atoms with van der Waals surface area (Å²) in [4.78, 5) is 23.7. The second kappa shape index (κ2) is 7.46. The van der Waals surface area contributed by atoms with Crippen molar-refractivity contribution in [3.8, 4) is 0 Å². The van der Waals surface area contributed by atoms with Crippen LogP contribution in [0.25, 0.3) is 0 Å². The van der Waals surface area contributed by atoms with Crippen LogP contribution in [0.4, 0.5) is 4.39 Å². The van der Waals surface area contributed by atoms with E-state index in [2.05, 4.69) is 13.8 Å². The normalized spacial score (nSPS) is 49.2. The van der Waals surface area contributed by atoms with E-state index in [0.29, 0.717) is 18.4 Å². The predicted molar refractivity (Wildman–Crippen MR) is 121 cm³/mol. The van der Waals surface area contributed by atoms with Gasteiger partial charge in [-0.25, -0.2) is 4.39 Å². The highest BCUT2D eigenvalue weighted by Crippen LogP contribution is 2.71. The van der Waals surface area contributed by atoms with Crippen molar-refractivity contribution in [2.45, 2.75) is 82.8 Å². The molecule has 4 aliphatic rings. The predicted octanol–water partition coefficient (Wildman–Crippen LogP) is 6.35. The summed E-state index contributed by atoms with van der Waals surface area (Å²) < 4.78 is 21.6. The molecule has 0 aromatic rings. The Morgan fingerprint density at radius 2 is 1.94 bits per heavy atom. The molecule has 4 rings (SSSR count). The highest BCUT2D eigenvalue weighted by atomic mass is 35.5. The molecule has 31 heavy (non-hydrogen) atoms. The average molecular weight is 492 g/mol. The second-order valence-corrected chi connectivity index (χ2v) is 12.0. The van der Waals surface area contributed by atoms with Gasteiger partial charge in [0.15, 0.2) is 5.78 Å². The minimum Gasteiger partial charge on any atom is -0.461 e. The summed E-state index contributed by atoms with van der Waals surface area (Å²) in [6, 6.07) is 0. The lowest BCUT2D eigenvalue weighted by atomic mass is 9.47. The Balaban J connectivity index is 1.83. The topological polar surface area (TPSA) is 43.4 Å². The zero-order chi connectivity index (χ0) is 23.1. The van der Waals surface area contributed by atoms with Gasteiger partial charge in [0.05, 0.1) is 15.3 Å². The van der Waals surface area contributed by atoms with Gasteiger partial charge in [-0.3, -0.25) is 9.59 Å². The van der Waals surface area contributed by atoms with Crippen LogP contribution in [0.5, 0.6) is 0 Å². The maximum atomic E-state index is 15.7. The van der Waals surface area contributed by atoms with Crippen LogP contribution in [0, 0.1) is 28.6 Å². The first kappa shape index (κ1) is 23.6. The minimum atomic E-state index is -1.37. The van der Waals surface area contributed by atoms with Crippen molar-refractivity contribution in [1.29, 1.82) is 0 Å². The first-order valence-electron chi connectivity index (χ1n) is 11.1. The summed E-state index contributed by atoms with van der Waals surface area (Å²) in [7, 11) is 0. The third kappa shape index (κ3) is 2.96. The maximum Gasteiger partial charge on any atom is 0.305 e. The van der Waals surface area contributed by atoms with E-state index in [4.69, 9.17) is 39.5 Å². The highest BCUT2D eigenvalue weighted by Gasteiger charge is 2.72. The number of carbonyl (C=O) groups is 2. The SMILES string of the molecule is CCC(=O)O[C@@H]1[C@H](C)C[C@H]2[C@@H]3C[C@H](F)C4=C(Cl)C(=O)C(C)=C[C@]4(C)[C@@]3(Cl)[C@@H](Cl)C[C@]12C. The molecule has 4 aliphatic carbocycles. The van der Waals surface area contributed by atoms with Gasteiger partial charge in [0, 0.05) is 17.3 Å². The van der Waals surface area contributed by atoms with Gasteiger partial charge >= 0.3 is 5.97 Å². The number of allylic oxidation sites excluding steroid dienone is 4. The largest absolute Gasteiger partial charge is 0.461 e. The van der Waals surface area contributed by atoms with Crippen molar-refractivity contribution < 1.29 is 18.7 Å². The van der Waals surface area contributed by atoms with Crippen molar-refractivity contribution in [2.24, 2.45) is 28.6 Å². The zero-order valence-electron chi connectivity index (χ0n) is 18.6. The van der Waals surface area contributed by atoms with Crippen molar-refractivity contribution in [3.05, 3.63) is 22.3 Å². The molecule has 9 atom stereocenters. The quantitative estimate of drug-likeness (QED) is 0.334. The number of ether oxygens (including phenoxy) is 1. The number of halogens is 4. The number of hydrogen-bond acceptors (Lipinski definition) is 3. The number of Topliss-reactive ketones (excluding diaryl/α,β-unsaturated/α-hetero) is 1. The monoisotopic (exact) mass is 490 g/mol. The summed E-state index contributed by atoms with van der Waals surface area (Å²) in [5, 5.41) is -0.567. The minimum absolute atomic E-state index is 0.0476. The van der Waals surface area contributed by atoms with Gasteiger partial charge in [-0.2, -0.15) is 0 Å². The lowest BCUT2D eigenvalue weighted by Crippen LogP contribution is -2.67. The Hall–Kier alpha value is -0.580. The van der Waals surface area contributed by atoms with Crippen molar-refractivity contribution in [3.63, 3.8) is 0 Å². The Bertz CT molecular complexity index is 901. The molecule has 0 aromatic heterocycles. The number of hydrogen-bond donors (Lipinski definition) is 0. The van der Waals surface area contributed by atoms with Crippen molar-refractivity contribution in [2.75, 3.05) is 0 Å². The molecule has 0 aliphatic heterocycles. The van der Waals surface area contributed by atoms with Gasteiger partial charge in [-0.15, -0.1) is 23.2 Å². The molecule has 0 amide bonds. The first-order valence-corrected chi connectivity index (χ1v) is 12.3. The second-order valence-electron chi connectivity index (χ2n) is 10.4. The number of rotatable bonds is 2. The van der Waals surface area contributed by atoms with Crippen LogP contribution in [0.2, 0.25) is 0 Å². The molecule has 0 heterocycles. The smallest absolute Gasteiger partial charge is 0.305 e. The van der Waals surface area contributed by atoms with Gasteiger partial charge in [-0.05, 0) is 55.1 Å². The number of alkyl halides is 3. The van der Waals surface area contributed by atoms with E-state index in [1.165, 1.54) is 0 Å². The fourth-order valence-electron chi connectivity index (χ4n) is 7.35. The number of fused-ring (bicyclic) bond motifs is 5. The Labute approximate surface area is 198 Å². The van der Waals surface area contributed by atoms with E-state index in [9.17, 15) is 9.59 Å². The van der Waals surface area contributed by atoms with Crippen LogP contribution >= 0.6 is 34.8 Å². The van der Waals surface area contributed by atoms with E-state index in [-0.39, 0.29) is 58.1 Å². The third-order valence-corrected chi connectivity index (χ3v) is 10.6. The standard InChI is InChI=1S/C24H30Cl3FO3/c1-6-17(29)31-21-11(2)7-13-14-8-15(28)18-19(26)20(30)12(3)9-23(18,5)24(14,27)16(25)10-22(13,21)4/h9,11,13-16,21H,6-8,10H2,1-5H3/t11-,13+,14+,15+,16+,21-,22+,23+,24+/m1/s1. The van der Waals surface area contributed by atoms with E-state index in [0.717, 1.165) is 6.42 Å². The van der Waals surface area contributed by atoms with Gasteiger partial charge in [0.1, 0.15) is 12.3 Å². The van der Waals surface area contributed by atoms with Gasteiger partial charge < -0.3 is 4.74 Å². The summed E-state index contributed by atoms with van der Waals surface area (Å²) in [6.45, 7) is 9.54. The molecule has 0 saturated heterocycles. The lowest BCUT2D eigenvalue weighted by Gasteiger charge is -2.63. The number of ketones is 1. The Morgan fingerprint density at radius 3 is 2.55 bits per heavy atom. The summed E-state index contributed by atoms with van der Waals surface area (Å²) >= 11 is 21.0. The molecule has 0 spiro atoms. The van der Waals surface area contributed by atoms with Crippen LogP contribution in [0.1, 0.15) is 60.3 Å². The van der Waals surface area contributed by atoms with E-state index >= 15 is 4.39 Å². The molecular weight excluding hydrogens is 462 g/mol. The van der Waals surface area contributed by atoms with Crippen LogP contribution < -0.4 is 0 Å². The molecule has 0 aromatic carbocycles. The van der Waals surface area contributed by atoms with E-state index in [1.54, 1.807) is 19.9 Å². The lowest BCUT2D eigenvalue weighted by molar-refractivity contribution is -0.161. The summed E-state index contributed by atoms with van der Waals surface area (Å²) in [6.07, 6.45) is 1.95. The fraction of sp³-hybridized carbons (Fsp3) is 0.750. The molecule has 0 radical (unpaired) electrons. The van der Waals surface area contributed by atoms with Crippen molar-refractivity contribution >= 4 is 46.6 Å². The molecule has 172 valence electrons.